The molecule has 0 saturated heterocycles. The maximum absolute atomic E-state index is 5.64. The van der Waals surface area contributed by atoms with Crippen LogP contribution in [0.2, 0.25) is 5.28 Å². The predicted molar refractivity (Wildman–Crippen MR) is 55.1 cm³/mol. The number of fused-ring (bicyclic) bond motifs is 1. The van der Waals surface area contributed by atoms with E-state index in [4.69, 9.17) is 11.6 Å². The van der Waals surface area contributed by atoms with Crippen LogP contribution in [0.1, 0.15) is 4.88 Å². The van der Waals surface area contributed by atoms with Crippen molar-refractivity contribution >= 4 is 49.1 Å². The molecule has 0 aromatic carbocycles. The van der Waals surface area contributed by atoms with Gasteiger partial charge >= 0.3 is 0 Å². The molecule has 0 fully saturated rings. The first kappa shape index (κ1) is 8.41. The molecule has 0 amide bonds. The number of aromatic nitrogens is 2. The number of hydrogen-bond donors (Lipinski definition) is 0. The minimum absolute atomic E-state index is 0.307. The SMILES string of the molecule is Clc1ncc2sc(CBr)cc2n1. The van der Waals surface area contributed by atoms with Crippen LogP contribution < -0.4 is 0 Å². The lowest BCUT2D eigenvalue weighted by molar-refractivity contribution is 1.23. The fourth-order valence-corrected chi connectivity index (χ4v) is 2.40. The zero-order valence-corrected chi connectivity index (χ0v) is 9.08. The summed E-state index contributed by atoms with van der Waals surface area (Å²) in [7, 11) is 0. The lowest BCUT2D eigenvalue weighted by Crippen LogP contribution is -1.77. The highest BCUT2D eigenvalue weighted by molar-refractivity contribution is 9.08. The Morgan fingerprint density at radius 3 is 3.17 bits per heavy atom. The molecule has 2 rings (SSSR count). The summed E-state index contributed by atoms with van der Waals surface area (Å²) in [6, 6.07) is 2.02. The normalized spacial score (nSPS) is 10.8. The Bertz CT molecular complexity index is 415. The second-order valence-electron chi connectivity index (χ2n) is 2.23. The number of halogens is 2. The Kier molecular flexibility index (Phi) is 2.30. The second kappa shape index (κ2) is 3.28. The van der Waals surface area contributed by atoms with Gasteiger partial charge in [-0.25, -0.2) is 9.97 Å². The Balaban J connectivity index is 2.67. The van der Waals surface area contributed by atoms with E-state index in [1.807, 2.05) is 6.07 Å². The summed E-state index contributed by atoms with van der Waals surface area (Å²) in [6.07, 6.45) is 1.75. The van der Waals surface area contributed by atoms with Crippen LogP contribution in [0.3, 0.4) is 0 Å². The lowest BCUT2D eigenvalue weighted by Gasteiger charge is -1.86. The Labute approximate surface area is 86.7 Å². The minimum atomic E-state index is 0.307. The van der Waals surface area contributed by atoms with Crippen LogP contribution in [-0.2, 0) is 5.33 Å². The van der Waals surface area contributed by atoms with Gasteiger partial charge in [0.1, 0.15) is 0 Å². The number of thiophene rings is 1. The highest BCUT2D eigenvalue weighted by atomic mass is 79.9. The van der Waals surface area contributed by atoms with Crippen LogP contribution in [0.25, 0.3) is 10.2 Å². The van der Waals surface area contributed by atoms with Crippen molar-refractivity contribution < 1.29 is 0 Å². The molecule has 2 aromatic rings. The molecule has 0 aliphatic heterocycles. The molecule has 0 spiro atoms. The summed E-state index contributed by atoms with van der Waals surface area (Å²) < 4.78 is 1.08. The monoisotopic (exact) mass is 262 g/mol. The van der Waals surface area contributed by atoms with Gasteiger partial charge in [0.2, 0.25) is 5.28 Å². The topological polar surface area (TPSA) is 25.8 Å². The van der Waals surface area contributed by atoms with E-state index in [0.717, 1.165) is 15.5 Å². The van der Waals surface area contributed by atoms with E-state index in [0.29, 0.717) is 5.28 Å². The van der Waals surface area contributed by atoms with Gasteiger partial charge in [0.15, 0.2) is 0 Å². The summed E-state index contributed by atoms with van der Waals surface area (Å²) in [6.45, 7) is 0. The lowest BCUT2D eigenvalue weighted by atomic mass is 10.4. The molecular weight excluding hydrogens is 260 g/mol. The molecule has 2 heterocycles. The van der Waals surface area contributed by atoms with Crippen LogP contribution in [0.15, 0.2) is 12.3 Å². The van der Waals surface area contributed by atoms with Crippen LogP contribution in [0, 0.1) is 0 Å². The number of nitrogens with zero attached hydrogens (tertiary/aromatic N) is 2. The van der Waals surface area contributed by atoms with E-state index in [9.17, 15) is 0 Å². The first-order valence-electron chi connectivity index (χ1n) is 3.26. The Hall–Kier alpha value is -0.190. The molecule has 0 unspecified atom stereocenters. The highest BCUT2D eigenvalue weighted by Crippen LogP contribution is 2.25. The van der Waals surface area contributed by atoms with Gasteiger partial charge in [0.05, 0.1) is 10.2 Å². The predicted octanol–water partition coefficient (Wildman–Crippen LogP) is 3.24. The largest absolute Gasteiger partial charge is 0.225 e. The van der Waals surface area contributed by atoms with E-state index in [-0.39, 0.29) is 0 Å². The summed E-state index contributed by atoms with van der Waals surface area (Å²) >= 11 is 10.7. The summed E-state index contributed by atoms with van der Waals surface area (Å²) in [5.41, 5.74) is 0.925. The number of rotatable bonds is 1. The van der Waals surface area contributed by atoms with Gasteiger partial charge in [-0.2, -0.15) is 0 Å². The van der Waals surface area contributed by atoms with Crippen molar-refractivity contribution in [1.29, 1.82) is 0 Å². The van der Waals surface area contributed by atoms with Crippen molar-refractivity contribution in [3.63, 3.8) is 0 Å². The van der Waals surface area contributed by atoms with E-state index in [1.165, 1.54) is 4.88 Å². The average molecular weight is 264 g/mol. The summed E-state index contributed by atoms with van der Waals surface area (Å²) in [4.78, 5) is 9.23. The van der Waals surface area contributed by atoms with Gasteiger partial charge in [-0.15, -0.1) is 11.3 Å². The maximum atomic E-state index is 5.64. The molecule has 12 heavy (non-hydrogen) atoms. The minimum Gasteiger partial charge on any atom is -0.225 e. The molecule has 0 saturated carbocycles. The van der Waals surface area contributed by atoms with Crippen molar-refractivity contribution in [3.05, 3.63) is 22.4 Å². The van der Waals surface area contributed by atoms with E-state index in [2.05, 4.69) is 25.9 Å². The molecule has 5 heteroatoms. The standard InChI is InChI=1S/C7H4BrClN2S/c8-2-4-1-5-6(12-4)3-10-7(9)11-5/h1,3H,2H2. The fourth-order valence-electron chi connectivity index (χ4n) is 0.932. The molecule has 0 aliphatic carbocycles. The molecule has 0 radical (unpaired) electrons. The zero-order chi connectivity index (χ0) is 8.55. The van der Waals surface area contributed by atoms with E-state index in [1.54, 1.807) is 17.5 Å². The third-order valence-corrected chi connectivity index (χ3v) is 3.64. The number of hydrogen-bond acceptors (Lipinski definition) is 3. The quantitative estimate of drug-likeness (QED) is 0.583. The first-order chi connectivity index (χ1) is 5.79. The van der Waals surface area contributed by atoms with Crippen LogP contribution in [0.5, 0.6) is 0 Å². The molecule has 2 nitrogen and oxygen atoms in total. The van der Waals surface area contributed by atoms with E-state index >= 15 is 0 Å². The summed E-state index contributed by atoms with van der Waals surface area (Å²) in [5, 5.41) is 1.16. The van der Waals surface area contributed by atoms with Crippen molar-refractivity contribution in [1.82, 2.24) is 9.97 Å². The smallest absolute Gasteiger partial charge is 0.222 e. The molecule has 0 N–H and O–H groups in total. The highest BCUT2D eigenvalue weighted by Gasteiger charge is 2.02. The van der Waals surface area contributed by atoms with Crippen molar-refractivity contribution in [2.24, 2.45) is 0 Å². The van der Waals surface area contributed by atoms with Crippen molar-refractivity contribution in [3.8, 4) is 0 Å². The molecule has 62 valence electrons. The third-order valence-electron chi connectivity index (χ3n) is 1.42. The van der Waals surface area contributed by atoms with Crippen LogP contribution in [0.4, 0.5) is 0 Å². The van der Waals surface area contributed by atoms with Crippen LogP contribution in [-0.4, -0.2) is 9.97 Å². The molecule has 0 aliphatic rings. The number of alkyl halides is 1. The Morgan fingerprint density at radius 1 is 1.58 bits per heavy atom. The second-order valence-corrected chi connectivity index (χ2v) is 4.30. The molecule has 2 aromatic heterocycles. The fraction of sp³-hybridized carbons (Fsp3) is 0.143. The van der Waals surface area contributed by atoms with Gasteiger partial charge in [-0.3, -0.25) is 0 Å². The zero-order valence-electron chi connectivity index (χ0n) is 5.92. The average Bonchev–Trinajstić information content (AvgIpc) is 2.46. The first-order valence-corrected chi connectivity index (χ1v) is 5.58. The van der Waals surface area contributed by atoms with Gasteiger partial charge < -0.3 is 0 Å². The van der Waals surface area contributed by atoms with Gasteiger partial charge in [-0.1, -0.05) is 15.9 Å². The van der Waals surface area contributed by atoms with Crippen molar-refractivity contribution in [2.75, 3.05) is 0 Å². The summed E-state index contributed by atoms with van der Waals surface area (Å²) in [5.74, 6) is 0. The molecular formula is C7H4BrClN2S. The molecule has 0 bridgehead atoms. The maximum Gasteiger partial charge on any atom is 0.222 e. The van der Waals surface area contributed by atoms with Crippen LogP contribution >= 0.6 is 38.9 Å². The Morgan fingerprint density at radius 2 is 2.42 bits per heavy atom. The van der Waals surface area contributed by atoms with Gasteiger partial charge in [-0.05, 0) is 17.7 Å². The van der Waals surface area contributed by atoms with Gasteiger partial charge in [0.25, 0.3) is 0 Å². The van der Waals surface area contributed by atoms with Gasteiger partial charge in [0, 0.05) is 16.4 Å². The van der Waals surface area contributed by atoms with Crippen molar-refractivity contribution in [2.45, 2.75) is 5.33 Å². The third kappa shape index (κ3) is 1.46. The van der Waals surface area contributed by atoms with E-state index < -0.39 is 0 Å². The molecule has 0 atom stereocenters.